The lowest BCUT2D eigenvalue weighted by atomic mass is 10.0. The molecule has 0 radical (unpaired) electrons. The fourth-order valence-corrected chi connectivity index (χ4v) is 0.986. The van der Waals surface area contributed by atoms with Crippen molar-refractivity contribution < 1.29 is 0 Å². The van der Waals surface area contributed by atoms with Crippen molar-refractivity contribution in [3.8, 4) is 0 Å². The second-order valence-electron chi connectivity index (χ2n) is 3.52. The van der Waals surface area contributed by atoms with Gasteiger partial charge in [-0.05, 0) is 32.3 Å². The number of hydrogen-bond acceptors (Lipinski definition) is 1. The fraction of sp³-hybridized carbons (Fsp3) is 0.600. The molecule has 0 spiro atoms. The Bertz CT molecular complexity index is 160. The zero-order valence-corrected chi connectivity index (χ0v) is 8.02. The molecule has 0 fully saturated rings. The van der Waals surface area contributed by atoms with E-state index in [9.17, 15) is 0 Å². The maximum absolute atomic E-state index is 5.49. The van der Waals surface area contributed by atoms with Gasteiger partial charge in [-0.1, -0.05) is 25.5 Å². The van der Waals surface area contributed by atoms with E-state index in [0.29, 0.717) is 0 Å². The van der Waals surface area contributed by atoms with Crippen molar-refractivity contribution in [3.63, 3.8) is 0 Å². The van der Waals surface area contributed by atoms with Crippen molar-refractivity contribution in [1.29, 1.82) is 0 Å². The van der Waals surface area contributed by atoms with Crippen molar-refractivity contribution in [1.82, 2.24) is 0 Å². The highest BCUT2D eigenvalue weighted by atomic mass is 14.5. The number of rotatable bonds is 3. The zero-order valence-electron chi connectivity index (χ0n) is 8.02. The number of hydrogen-bond donors (Lipinski definition) is 1. The maximum atomic E-state index is 5.49. The summed E-state index contributed by atoms with van der Waals surface area (Å²) in [5.41, 5.74) is 7.75. The molecular weight excluding hydrogens is 134 g/mol. The first-order valence-corrected chi connectivity index (χ1v) is 4.12. The second kappa shape index (κ2) is 5.00. The van der Waals surface area contributed by atoms with E-state index in [4.69, 9.17) is 5.73 Å². The highest BCUT2D eigenvalue weighted by molar-refractivity contribution is 5.13. The zero-order chi connectivity index (χ0) is 8.85. The van der Waals surface area contributed by atoms with Crippen LogP contribution < -0.4 is 5.73 Å². The summed E-state index contributed by atoms with van der Waals surface area (Å²) in [7, 11) is 0. The summed E-state index contributed by atoms with van der Waals surface area (Å²) in [5, 5.41) is 0. The molecule has 0 saturated carbocycles. The van der Waals surface area contributed by atoms with Gasteiger partial charge in [0.25, 0.3) is 0 Å². The molecule has 0 aromatic heterocycles. The van der Waals surface area contributed by atoms with Crippen molar-refractivity contribution >= 4 is 0 Å². The molecular formula is C10H19N. The summed E-state index contributed by atoms with van der Waals surface area (Å²) in [6.45, 7) is 8.48. The highest BCUT2D eigenvalue weighted by Crippen LogP contribution is 2.09. The monoisotopic (exact) mass is 153 g/mol. The molecule has 11 heavy (non-hydrogen) atoms. The Morgan fingerprint density at radius 2 is 1.82 bits per heavy atom. The first kappa shape index (κ1) is 10.3. The summed E-state index contributed by atoms with van der Waals surface area (Å²) in [5.74, 6) is 0.734. The highest BCUT2D eigenvalue weighted by Gasteiger charge is 1.93. The molecule has 0 unspecified atom stereocenters. The smallest absolute Gasteiger partial charge is 0.00488 e. The third kappa shape index (κ3) is 7.17. The summed E-state index contributed by atoms with van der Waals surface area (Å²) in [6.07, 6.45) is 5.21. The molecule has 1 heteroatoms. The third-order valence-corrected chi connectivity index (χ3v) is 1.36. The Kier molecular flexibility index (Phi) is 4.67. The van der Waals surface area contributed by atoms with Crippen LogP contribution in [-0.4, -0.2) is 0 Å². The lowest BCUT2D eigenvalue weighted by Crippen LogP contribution is -1.90. The van der Waals surface area contributed by atoms with Crippen LogP contribution in [0.3, 0.4) is 0 Å². The van der Waals surface area contributed by atoms with E-state index in [1.807, 2.05) is 13.0 Å². The van der Waals surface area contributed by atoms with Gasteiger partial charge >= 0.3 is 0 Å². The molecule has 0 atom stereocenters. The minimum Gasteiger partial charge on any atom is -0.402 e. The van der Waals surface area contributed by atoms with E-state index in [-0.39, 0.29) is 0 Å². The van der Waals surface area contributed by atoms with Gasteiger partial charge in [-0.2, -0.15) is 0 Å². The van der Waals surface area contributed by atoms with E-state index in [1.54, 1.807) is 0 Å². The molecule has 0 saturated heterocycles. The first-order chi connectivity index (χ1) is 5.02. The van der Waals surface area contributed by atoms with E-state index in [0.717, 1.165) is 18.0 Å². The van der Waals surface area contributed by atoms with Gasteiger partial charge < -0.3 is 5.73 Å². The van der Waals surface area contributed by atoms with Gasteiger partial charge in [0, 0.05) is 5.70 Å². The van der Waals surface area contributed by atoms with E-state index in [2.05, 4.69) is 26.8 Å². The normalized spacial score (nSPS) is 14.3. The molecule has 0 aliphatic heterocycles. The molecule has 2 N–H and O–H groups in total. The Balaban J connectivity index is 3.91. The van der Waals surface area contributed by atoms with Crippen LogP contribution in [0.5, 0.6) is 0 Å². The fourth-order valence-electron chi connectivity index (χ4n) is 0.986. The maximum Gasteiger partial charge on any atom is 0.00488 e. The van der Waals surface area contributed by atoms with Crippen LogP contribution in [0, 0.1) is 5.92 Å². The van der Waals surface area contributed by atoms with Crippen LogP contribution >= 0.6 is 0 Å². The molecule has 0 bridgehead atoms. The van der Waals surface area contributed by atoms with Crippen molar-refractivity contribution in [2.75, 3.05) is 0 Å². The molecule has 0 aromatic rings. The minimum absolute atomic E-state index is 0.734. The van der Waals surface area contributed by atoms with Gasteiger partial charge in [0.05, 0.1) is 0 Å². The van der Waals surface area contributed by atoms with Crippen LogP contribution in [0.1, 0.15) is 34.1 Å². The Labute approximate surface area is 70.0 Å². The quantitative estimate of drug-likeness (QED) is 0.620. The lowest BCUT2D eigenvalue weighted by Gasteiger charge is -2.02. The summed E-state index contributed by atoms with van der Waals surface area (Å²) < 4.78 is 0. The van der Waals surface area contributed by atoms with E-state index < -0.39 is 0 Å². The molecule has 0 heterocycles. The van der Waals surface area contributed by atoms with Crippen LogP contribution in [0.4, 0.5) is 0 Å². The van der Waals surface area contributed by atoms with Gasteiger partial charge in [0.1, 0.15) is 0 Å². The number of nitrogens with two attached hydrogens (primary N) is 1. The lowest BCUT2D eigenvalue weighted by molar-refractivity contribution is 0.642. The van der Waals surface area contributed by atoms with Crippen molar-refractivity contribution in [2.45, 2.75) is 34.1 Å². The van der Waals surface area contributed by atoms with Gasteiger partial charge in [-0.25, -0.2) is 0 Å². The average Bonchev–Trinajstić information content (AvgIpc) is 1.82. The predicted molar refractivity (Wildman–Crippen MR) is 51.2 cm³/mol. The van der Waals surface area contributed by atoms with Crippen LogP contribution in [0.15, 0.2) is 23.4 Å². The Hall–Kier alpha value is -0.720. The van der Waals surface area contributed by atoms with E-state index >= 15 is 0 Å². The molecule has 64 valence electrons. The second-order valence-corrected chi connectivity index (χ2v) is 3.52. The largest absolute Gasteiger partial charge is 0.402 e. The summed E-state index contributed by atoms with van der Waals surface area (Å²) in [4.78, 5) is 0. The van der Waals surface area contributed by atoms with Crippen LogP contribution in [0.25, 0.3) is 0 Å². The van der Waals surface area contributed by atoms with Crippen molar-refractivity contribution in [2.24, 2.45) is 11.7 Å². The SMILES string of the molecule is C/C(N)=C\C=C(/C)CC(C)C. The Morgan fingerprint density at radius 1 is 1.27 bits per heavy atom. The van der Waals surface area contributed by atoms with E-state index in [1.165, 1.54) is 5.57 Å². The molecule has 0 amide bonds. The van der Waals surface area contributed by atoms with Gasteiger partial charge in [-0.15, -0.1) is 0 Å². The predicted octanol–water partition coefficient (Wildman–Crippen LogP) is 2.84. The third-order valence-electron chi connectivity index (χ3n) is 1.36. The standard InChI is InChI=1S/C10H19N/c1-8(2)7-9(3)5-6-10(4)11/h5-6,8H,7,11H2,1-4H3/b9-5+,10-6+. The van der Waals surface area contributed by atoms with Gasteiger partial charge in [-0.3, -0.25) is 0 Å². The summed E-state index contributed by atoms with van der Waals surface area (Å²) >= 11 is 0. The van der Waals surface area contributed by atoms with Gasteiger partial charge in [0.15, 0.2) is 0 Å². The van der Waals surface area contributed by atoms with Gasteiger partial charge in [0.2, 0.25) is 0 Å². The van der Waals surface area contributed by atoms with Crippen LogP contribution in [-0.2, 0) is 0 Å². The Morgan fingerprint density at radius 3 is 2.18 bits per heavy atom. The molecule has 1 nitrogen and oxygen atoms in total. The average molecular weight is 153 g/mol. The summed E-state index contributed by atoms with van der Waals surface area (Å²) in [6, 6.07) is 0. The van der Waals surface area contributed by atoms with Crippen LogP contribution in [0.2, 0.25) is 0 Å². The molecule has 0 rings (SSSR count). The molecule has 0 aliphatic carbocycles. The molecule has 0 aromatic carbocycles. The topological polar surface area (TPSA) is 26.0 Å². The minimum atomic E-state index is 0.734. The van der Waals surface area contributed by atoms with Crippen molar-refractivity contribution in [3.05, 3.63) is 23.4 Å². The number of allylic oxidation sites excluding steroid dienone is 4. The molecule has 0 aliphatic rings. The first-order valence-electron chi connectivity index (χ1n) is 4.12.